The van der Waals surface area contributed by atoms with Crippen molar-refractivity contribution in [1.29, 1.82) is 0 Å². The second kappa shape index (κ2) is 8.52. The second-order valence-corrected chi connectivity index (χ2v) is 6.91. The predicted molar refractivity (Wildman–Crippen MR) is 97.6 cm³/mol. The van der Waals surface area contributed by atoms with Crippen LogP contribution in [0.2, 0.25) is 0 Å². The minimum absolute atomic E-state index is 0.0838. The Hall–Kier alpha value is -2.10. The first-order valence-corrected chi connectivity index (χ1v) is 8.66. The van der Waals surface area contributed by atoms with Gasteiger partial charge in [-0.15, -0.1) is 0 Å². The van der Waals surface area contributed by atoms with Crippen LogP contribution in [0.3, 0.4) is 0 Å². The Morgan fingerprint density at radius 1 is 1.08 bits per heavy atom. The van der Waals surface area contributed by atoms with E-state index in [-0.39, 0.29) is 18.4 Å². The number of rotatable bonds is 6. The smallest absolute Gasteiger partial charge is 0.416 e. The first-order chi connectivity index (χ1) is 12.1. The maximum absolute atomic E-state index is 12.7. The van der Waals surface area contributed by atoms with Crippen molar-refractivity contribution in [2.75, 3.05) is 0 Å². The molecule has 8 heteroatoms. The molecule has 0 aliphatic carbocycles. The highest BCUT2D eigenvalue weighted by atomic mass is 127. The number of carboxylic acid groups (broad SMARTS) is 1. The van der Waals surface area contributed by atoms with E-state index in [2.05, 4.69) is 27.9 Å². The van der Waals surface area contributed by atoms with Gasteiger partial charge in [-0.25, -0.2) is 4.79 Å². The zero-order valence-corrected chi connectivity index (χ0v) is 15.5. The van der Waals surface area contributed by atoms with Crippen molar-refractivity contribution in [3.63, 3.8) is 0 Å². The molecule has 2 N–H and O–H groups in total. The van der Waals surface area contributed by atoms with Crippen LogP contribution in [-0.4, -0.2) is 23.0 Å². The van der Waals surface area contributed by atoms with Crippen LogP contribution >= 0.6 is 22.6 Å². The molecule has 138 valence electrons. The van der Waals surface area contributed by atoms with Crippen molar-refractivity contribution in [3.05, 3.63) is 68.8 Å². The third kappa shape index (κ3) is 6.01. The lowest BCUT2D eigenvalue weighted by Gasteiger charge is -2.15. The topological polar surface area (TPSA) is 66.4 Å². The Labute approximate surface area is 161 Å². The van der Waals surface area contributed by atoms with Gasteiger partial charge < -0.3 is 10.4 Å². The summed E-state index contributed by atoms with van der Waals surface area (Å²) < 4.78 is 39.1. The zero-order valence-electron chi connectivity index (χ0n) is 13.4. The highest BCUT2D eigenvalue weighted by Gasteiger charge is 2.30. The quantitative estimate of drug-likeness (QED) is 0.625. The molecule has 0 aliphatic rings. The maximum atomic E-state index is 12.7. The van der Waals surface area contributed by atoms with Gasteiger partial charge in [-0.3, -0.25) is 4.79 Å². The zero-order chi connectivity index (χ0) is 19.3. The Morgan fingerprint density at radius 3 is 2.35 bits per heavy atom. The van der Waals surface area contributed by atoms with Gasteiger partial charge in [-0.1, -0.05) is 30.3 Å². The fourth-order valence-electron chi connectivity index (χ4n) is 2.39. The minimum Gasteiger partial charge on any atom is -0.480 e. The molecule has 0 fully saturated rings. The summed E-state index contributed by atoms with van der Waals surface area (Å²) in [5.74, 6) is -1.86. The molecule has 0 aromatic heterocycles. The molecule has 1 atom stereocenters. The number of carboxylic acids is 1. The minimum atomic E-state index is -4.50. The lowest BCUT2D eigenvalue weighted by atomic mass is 10.0. The van der Waals surface area contributed by atoms with E-state index in [1.54, 1.807) is 18.2 Å². The molecular weight excluding hydrogens is 462 g/mol. The number of carbonyl (C=O) groups excluding carboxylic acids is 1. The fraction of sp³-hybridized carbons (Fsp3) is 0.222. The van der Waals surface area contributed by atoms with E-state index >= 15 is 0 Å². The molecule has 0 saturated heterocycles. The highest BCUT2D eigenvalue weighted by molar-refractivity contribution is 14.1. The summed E-state index contributed by atoms with van der Waals surface area (Å²) in [6.45, 7) is 0. The van der Waals surface area contributed by atoms with Gasteiger partial charge in [0.15, 0.2) is 0 Å². The standard InChI is InChI=1S/C18H15F3INO3/c19-18(20,21)13-5-1-3-11(7-13)10-16(24)23-15(17(25)26)9-12-4-2-6-14(22)8-12/h1-8,15H,9-10H2,(H,23,24)(H,25,26)/t15-/m0/s1. The van der Waals surface area contributed by atoms with E-state index in [0.717, 1.165) is 21.3 Å². The van der Waals surface area contributed by atoms with Crippen molar-refractivity contribution in [2.45, 2.75) is 25.1 Å². The van der Waals surface area contributed by atoms with Crippen LogP contribution in [0.15, 0.2) is 48.5 Å². The molecule has 2 aromatic carbocycles. The third-order valence-electron chi connectivity index (χ3n) is 3.58. The summed E-state index contributed by atoms with van der Waals surface area (Å²) in [4.78, 5) is 23.5. The summed E-state index contributed by atoms with van der Waals surface area (Å²) >= 11 is 2.09. The van der Waals surface area contributed by atoms with E-state index in [0.29, 0.717) is 0 Å². The van der Waals surface area contributed by atoms with E-state index in [9.17, 15) is 27.9 Å². The fourth-order valence-corrected chi connectivity index (χ4v) is 3.00. The number of halogens is 4. The number of hydrogen-bond donors (Lipinski definition) is 2. The molecule has 2 aromatic rings. The molecule has 2 rings (SSSR count). The van der Waals surface area contributed by atoms with Crippen LogP contribution < -0.4 is 5.32 Å². The van der Waals surface area contributed by atoms with Crippen LogP contribution in [0.4, 0.5) is 13.2 Å². The van der Waals surface area contributed by atoms with E-state index in [1.807, 2.05) is 6.07 Å². The molecular formula is C18H15F3INO3. The third-order valence-corrected chi connectivity index (χ3v) is 4.25. The van der Waals surface area contributed by atoms with Crippen LogP contribution in [0.5, 0.6) is 0 Å². The summed E-state index contributed by atoms with van der Waals surface area (Å²) in [5, 5.41) is 11.7. The largest absolute Gasteiger partial charge is 0.480 e. The number of alkyl halides is 3. The Kier molecular flexibility index (Phi) is 6.63. The first kappa shape index (κ1) is 20.2. The molecule has 1 amide bonds. The summed E-state index contributed by atoms with van der Waals surface area (Å²) in [5.41, 5.74) is 0.0517. The molecule has 0 heterocycles. The monoisotopic (exact) mass is 477 g/mol. The number of amides is 1. The van der Waals surface area contributed by atoms with Crippen molar-refractivity contribution < 1.29 is 27.9 Å². The summed E-state index contributed by atoms with van der Waals surface area (Å²) in [6, 6.07) is 10.4. The van der Waals surface area contributed by atoms with E-state index in [1.165, 1.54) is 12.1 Å². The Balaban J connectivity index is 2.05. The first-order valence-electron chi connectivity index (χ1n) is 7.58. The van der Waals surface area contributed by atoms with E-state index in [4.69, 9.17) is 0 Å². The van der Waals surface area contributed by atoms with Crippen molar-refractivity contribution in [2.24, 2.45) is 0 Å². The van der Waals surface area contributed by atoms with Gasteiger partial charge in [0.1, 0.15) is 6.04 Å². The molecule has 0 unspecified atom stereocenters. The van der Waals surface area contributed by atoms with Crippen LogP contribution in [0.1, 0.15) is 16.7 Å². The molecule has 0 bridgehead atoms. The van der Waals surface area contributed by atoms with Gasteiger partial charge in [0.25, 0.3) is 0 Å². The van der Waals surface area contributed by atoms with Gasteiger partial charge >= 0.3 is 12.1 Å². The molecule has 0 aliphatic heterocycles. The predicted octanol–water partition coefficient (Wildman–Crippen LogP) is 3.66. The second-order valence-electron chi connectivity index (χ2n) is 5.67. The number of aliphatic carboxylic acids is 1. The van der Waals surface area contributed by atoms with Crippen molar-refractivity contribution in [1.82, 2.24) is 5.32 Å². The molecule has 0 radical (unpaired) electrons. The normalized spacial score (nSPS) is 12.5. The Bertz CT molecular complexity index is 808. The van der Waals surface area contributed by atoms with Crippen LogP contribution in [0, 0.1) is 3.57 Å². The van der Waals surface area contributed by atoms with Gasteiger partial charge in [0, 0.05) is 9.99 Å². The highest BCUT2D eigenvalue weighted by Crippen LogP contribution is 2.29. The van der Waals surface area contributed by atoms with E-state index < -0.39 is 29.7 Å². The SMILES string of the molecule is O=C(Cc1cccc(C(F)(F)F)c1)N[C@@H](Cc1cccc(I)c1)C(=O)O. The molecule has 26 heavy (non-hydrogen) atoms. The van der Waals surface area contributed by atoms with Gasteiger partial charge in [0.05, 0.1) is 12.0 Å². The van der Waals surface area contributed by atoms with Crippen LogP contribution in [0.25, 0.3) is 0 Å². The van der Waals surface area contributed by atoms with Crippen LogP contribution in [-0.2, 0) is 28.6 Å². The number of carbonyl (C=O) groups is 2. The number of benzene rings is 2. The van der Waals surface area contributed by atoms with Crippen molar-refractivity contribution >= 4 is 34.5 Å². The molecule has 4 nitrogen and oxygen atoms in total. The number of hydrogen-bond acceptors (Lipinski definition) is 2. The molecule has 0 saturated carbocycles. The molecule has 0 spiro atoms. The van der Waals surface area contributed by atoms with Crippen molar-refractivity contribution in [3.8, 4) is 0 Å². The summed E-state index contributed by atoms with van der Waals surface area (Å²) in [6.07, 6.45) is -4.75. The van der Waals surface area contributed by atoms with Gasteiger partial charge in [0.2, 0.25) is 5.91 Å². The number of nitrogens with one attached hydrogen (secondary N) is 1. The Morgan fingerprint density at radius 2 is 1.73 bits per heavy atom. The average Bonchev–Trinajstić information content (AvgIpc) is 2.53. The van der Waals surface area contributed by atoms with Gasteiger partial charge in [-0.2, -0.15) is 13.2 Å². The van der Waals surface area contributed by atoms with Gasteiger partial charge in [-0.05, 0) is 51.9 Å². The maximum Gasteiger partial charge on any atom is 0.416 e. The lowest BCUT2D eigenvalue weighted by molar-refractivity contribution is -0.141. The lowest BCUT2D eigenvalue weighted by Crippen LogP contribution is -2.43. The summed E-state index contributed by atoms with van der Waals surface area (Å²) in [7, 11) is 0. The average molecular weight is 477 g/mol.